The number of hydrogen-bond acceptors (Lipinski definition) is 4. The van der Waals surface area contributed by atoms with Gasteiger partial charge >= 0.3 is 5.97 Å². The third kappa shape index (κ3) is 3.44. The SMILES string of the molecule is CCC(C)N(CC(=O)O)c1cc(C)nc(C)c1C#N. The predicted octanol–water partition coefficient (Wildman–Crippen LogP) is 2.26. The van der Waals surface area contributed by atoms with Crippen LogP contribution in [0.3, 0.4) is 0 Å². The average molecular weight is 261 g/mol. The van der Waals surface area contributed by atoms with Crippen molar-refractivity contribution >= 4 is 11.7 Å². The van der Waals surface area contributed by atoms with Crippen LogP contribution < -0.4 is 4.90 Å². The molecule has 0 fully saturated rings. The maximum atomic E-state index is 11.0. The summed E-state index contributed by atoms with van der Waals surface area (Å²) in [6, 6.07) is 3.95. The van der Waals surface area contributed by atoms with E-state index in [1.54, 1.807) is 17.9 Å². The number of aryl methyl sites for hydroxylation is 2. The first-order valence-corrected chi connectivity index (χ1v) is 6.27. The number of anilines is 1. The molecule has 0 aromatic carbocycles. The Morgan fingerprint density at radius 2 is 2.21 bits per heavy atom. The molecule has 0 spiro atoms. The Bertz CT molecular complexity index is 520. The number of nitrogens with zero attached hydrogens (tertiary/aromatic N) is 3. The molecule has 0 aliphatic rings. The predicted molar refractivity (Wildman–Crippen MR) is 73.2 cm³/mol. The van der Waals surface area contributed by atoms with Crippen molar-refractivity contribution in [3.05, 3.63) is 23.0 Å². The molecule has 19 heavy (non-hydrogen) atoms. The van der Waals surface area contributed by atoms with Gasteiger partial charge in [0.1, 0.15) is 12.6 Å². The molecule has 5 nitrogen and oxygen atoms in total. The third-order valence-corrected chi connectivity index (χ3v) is 3.16. The first-order valence-electron chi connectivity index (χ1n) is 6.27. The highest BCUT2D eigenvalue weighted by Gasteiger charge is 2.21. The topological polar surface area (TPSA) is 77.2 Å². The largest absolute Gasteiger partial charge is 0.480 e. The van der Waals surface area contributed by atoms with Crippen LogP contribution in [0.15, 0.2) is 6.07 Å². The molecule has 102 valence electrons. The van der Waals surface area contributed by atoms with Crippen molar-refractivity contribution in [2.45, 2.75) is 40.2 Å². The Morgan fingerprint density at radius 1 is 1.58 bits per heavy atom. The quantitative estimate of drug-likeness (QED) is 0.879. The summed E-state index contributed by atoms with van der Waals surface area (Å²) in [4.78, 5) is 17.0. The summed E-state index contributed by atoms with van der Waals surface area (Å²) >= 11 is 0. The number of aromatic nitrogens is 1. The van der Waals surface area contributed by atoms with Crippen LogP contribution in [0, 0.1) is 25.2 Å². The first kappa shape index (κ1) is 15.0. The lowest BCUT2D eigenvalue weighted by Gasteiger charge is -2.30. The van der Waals surface area contributed by atoms with E-state index in [1.807, 2.05) is 20.8 Å². The Balaban J connectivity index is 3.37. The summed E-state index contributed by atoms with van der Waals surface area (Å²) in [5, 5.41) is 18.3. The van der Waals surface area contributed by atoms with Gasteiger partial charge in [-0.1, -0.05) is 6.92 Å². The van der Waals surface area contributed by atoms with E-state index >= 15 is 0 Å². The maximum Gasteiger partial charge on any atom is 0.323 e. The Morgan fingerprint density at radius 3 is 2.68 bits per heavy atom. The van der Waals surface area contributed by atoms with Crippen LogP contribution in [0.25, 0.3) is 0 Å². The number of pyridine rings is 1. The molecule has 0 aliphatic heterocycles. The lowest BCUT2D eigenvalue weighted by Crippen LogP contribution is -2.37. The molecular weight excluding hydrogens is 242 g/mol. The Hall–Kier alpha value is -2.09. The van der Waals surface area contributed by atoms with Gasteiger partial charge in [0.15, 0.2) is 0 Å². The molecule has 0 aliphatic carbocycles. The van der Waals surface area contributed by atoms with Crippen molar-refractivity contribution in [3.63, 3.8) is 0 Å². The van der Waals surface area contributed by atoms with Crippen molar-refractivity contribution in [3.8, 4) is 6.07 Å². The summed E-state index contributed by atoms with van der Waals surface area (Å²) in [7, 11) is 0. The molecule has 1 atom stereocenters. The molecular formula is C14H19N3O2. The fraction of sp³-hybridized carbons (Fsp3) is 0.500. The maximum absolute atomic E-state index is 11.0. The van der Waals surface area contributed by atoms with E-state index in [1.165, 1.54) is 0 Å². The zero-order chi connectivity index (χ0) is 14.6. The van der Waals surface area contributed by atoms with Crippen molar-refractivity contribution < 1.29 is 9.90 Å². The molecule has 0 saturated heterocycles. The van der Waals surface area contributed by atoms with E-state index in [2.05, 4.69) is 11.1 Å². The monoisotopic (exact) mass is 261 g/mol. The minimum atomic E-state index is -0.906. The van der Waals surface area contributed by atoms with Crippen LogP contribution in [-0.2, 0) is 4.79 Å². The average Bonchev–Trinajstić information content (AvgIpc) is 2.34. The second-order valence-electron chi connectivity index (χ2n) is 4.63. The molecule has 1 aromatic rings. The van der Waals surface area contributed by atoms with Gasteiger partial charge in [-0.2, -0.15) is 5.26 Å². The highest BCUT2D eigenvalue weighted by atomic mass is 16.4. The van der Waals surface area contributed by atoms with Crippen LogP contribution in [-0.4, -0.2) is 28.6 Å². The van der Waals surface area contributed by atoms with Crippen molar-refractivity contribution in [2.75, 3.05) is 11.4 Å². The smallest absolute Gasteiger partial charge is 0.323 e. The summed E-state index contributed by atoms with van der Waals surface area (Å²) in [5.74, 6) is -0.906. The van der Waals surface area contributed by atoms with Gasteiger partial charge in [0, 0.05) is 11.7 Å². The van der Waals surface area contributed by atoms with Crippen LogP contribution >= 0.6 is 0 Å². The number of rotatable bonds is 5. The zero-order valence-electron chi connectivity index (χ0n) is 11.8. The Kier molecular flexibility index (Phi) is 4.87. The highest BCUT2D eigenvalue weighted by Crippen LogP contribution is 2.25. The molecule has 1 rings (SSSR count). The summed E-state index contributed by atoms with van der Waals surface area (Å²) in [6.45, 7) is 7.44. The second-order valence-corrected chi connectivity index (χ2v) is 4.63. The molecule has 0 radical (unpaired) electrons. The van der Waals surface area contributed by atoms with Crippen LogP contribution in [0.1, 0.15) is 37.2 Å². The van der Waals surface area contributed by atoms with Gasteiger partial charge in [0.2, 0.25) is 0 Å². The van der Waals surface area contributed by atoms with E-state index < -0.39 is 5.97 Å². The molecule has 0 bridgehead atoms. The van der Waals surface area contributed by atoms with E-state index in [0.717, 1.165) is 12.1 Å². The highest BCUT2D eigenvalue weighted by molar-refractivity contribution is 5.75. The fourth-order valence-corrected chi connectivity index (χ4v) is 2.02. The zero-order valence-corrected chi connectivity index (χ0v) is 11.8. The first-order chi connectivity index (χ1) is 8.90. The second kappa shape index (κ2) is 6.19. The van der Waals surface area contributed by atoms with E-state index in [9.17, 15) is 10.1 Å². The van der Waals surface area contributed by atoms with E-state index in [-0.39, 0.29) is 12.6 Å². The third-order valence-electron chi connectivity index (χ3n) is 3.16. The molecule has 1 unspecified atom stereocenters. The van der Waals surface area contributed by atoms with Gasteiger partial charge < -0.3 is 10.0 Å². The lowest BCUT2D eigenvalue weighted by molar-refractivity contribution is -0.135. The number of carboxylic acids is 1. The molecule has 0 amide bonds. The van der Waals surface area contributed by atoms with Crippen molar-refractivity contribution in [1.29, 1.82) is 5.26 Å². The normalized spacial score (nSPS) is 11.7. The minimum absolute atomic E-state index is 0.0457. The van der Waals surface area contributed by atoms with Gasteiger partial charge in [-0.25, -0.2) is 0 Å². The van der Waals surface area contributed by atoms with Gasteiger partial charge in [0.25, 0.3) is 0 Å². The van der Waals surface area contributed by atoms with Crippen molar-refractivity contribution in [2.24, 2.45) is 0 Å². The van der Waals surface area contributed by atoms with E-state index in [4.69, 9.17) is 5.11 Å². The van der Waals surface area contributed by atoms with E-state index in [0.29, 0.717) is 16.9 Å². The summed E-state index contributed by atoms with van der Waals surface area (Å²) in [6.07, 6.45) is 0.804. The van der Waals surface area contributed by atoms with Crippen LogP contribution in [0.4, 0.5) is 5.69 Å². The van der Waals surface area contributed by atoms with Gasteiger partial charge in [-0.15, -0.1) is 0 Å². The molecule has 5 heteroatoms. The number of aliphatic carboxylic acids is 1. The molecule has 1 N–H and O–H groups in total. The summed E-state index contributed by atoms with van der Waals surface area (Å²) < 4.78 is 0. The molecule has 1 heterocycles. The number of carbonyl (C=O) groups is 1. The molecule has 0 saturated carbocycles. The number of hydrogen-bond donors (Lipinski definition) is 1. The number of carboxylic acid groups (broad SMARTS) is 1. The molecule has 1 aromatic heterocycles. The van der Waals surface area contributed by atoms with Gasteiger partial charge in [-0.3, -0.25) is 9.78 Å². The summed E-state index contributed by atoms with van der Waals surface area (Å²) in [5.41, 5.74) is 2.53. The van der Waals surface area contributed by atoms with Gasteiger partial charge in [-0.05, 0) is 33.3 Å². The fourth-order valence-electron chi connectivity index (χ4n) is 2.02. The standard InChI is InChI=1S/C14H19N3O2/c1-5-10(3)17(8-14(18)19)13-6-9(2)16-11(4)12(13)7-15/h6,10H,5,8H2,1-4H3,(H,18,19). The number of nitriles is 1. The van der Waals surface area contributed by atoms with Gasteiger partial charge in [0.05, 0.1) is 16.9 Å². The van der Waals surface area contributed by atoms with Crippen LogP contribution in [0.2, 0.25) is 0 Å². The van der Waals surface area contributed by atoms with Crippen molar-refractivity contribution in [1.82, 2.24) is 4.98 Å². The van der Waals surface area contributed by atoms with Crippen LogP contribution in [0.5, 0.6) is 0 Å². The minimum Gasteiger partial charge on any atom is -0.480 e. The lowest BCUT2D eigenvalue weighted by atomic mass is 10.1. The Labute approximate surface area is 113 Å².